The van der Waals surface area contributed by atoms with Gasteiger partial charge in [-0.15, -0.1) is 0 Å². The number of carbonyl (C=O) groups excluding carboxylic acids is 1. The van der Waals surface area contributed by atoms with Crippen LogP contribution in [-0.2, 0) is 4.74 Å². The molecule has 2 aromatic rings. The highest BCUT2D eigenvalue weighted by Crippen LogP contribution is 2.21. The number of amides is 1. The fourth-order valence-electron chi connectivity index (χ4n) is 3.18. The van der Waals surface area contributed by atoms with Crippen molar-refractivity contribution in [3.05, 3.63) is 42.1 Å². The average Bonchev–Trinajstić information content (AvgIpc) is 2.68. The molecule has 138 valence electrons. The van der Waals surface area contributed by atoms with Gasteiger partial charge in [-0.2, -0.15) is 0 Å². The molecule has 0 saturated carbocycles. The number of hydrogen-bond donors (Lipinski definition) is 1. The van der Waals surface area contributed by atoms with E-state index in [1.54, 1.807) is 13.2 Å². The number of methoxy groups -OCH3 is 1. The van der Waals surface area contributed by atoms with Crippen molar-refractivity contribution in [2.45, 2.75) is 19.8 Å². The first kappa shape index (κ1) is 18.3. The van der Waals surface area contributed by atoms with Crippen molar-refractivity contribution in [1.29, 1.82) is 0 Å². The lowest BCUT2D eigenvalue weighted by molar-refractivity contribution is 0.0677. The van der Waals surface area contributed by atoms with Gasteiger partial charge in [-0.05, 0) is 18.8 Å². The second-order valence-electron chi connectivity index (χ2n) is 6.75. The van der Waals surface area contributed by atoms with E-state index in [4.69, 9.17) is 4.74 Å². The molecule has 1 saturated heterocycles. The Morgan fingerprint density at radius 3 is 2.85 bits per heavy atom. The summed E-state index contributed by atoms with van der Waals surface area (Å²) in [5.41, 5.74) is 1.33. The number of ether oxygens (including phenoxy) is 1. The van der Waals surface area contributed by atoms with Gasteiger partial charge in [0.1, 0.15) is 11.5 Å². The van der Waals surface area contributed by atoms with Crippen molar-refractivity contribution < 1.29 is 9.53 Å². The Balaban J connectivity index is 1.89. The third-order valence-corrected chi connectivity index (χ3v) is 4.53. The number of nitrogens with zero attached hydrogens (tertiary/aromatic N) is 3. The highest BCUT2D eigenvalue weighted by molar-refractivity contribution is 5.93. The first-order chi connectivity index (χ1) is 12.7. The van der Waals surface area contributed by atoms with E-state index in [1.165, 1.54) is 6.42 Å². The van der Waals surface area contributed by atoms with Crippen LogP contribution in [0.5, 0.6) is 0 Å². The van der Waals surface area contributed by atoms with Gasteiger partial charge >= 0.3 is 0 Å². The van der Waals surface area contributed by atoms with Crippen LogP contribution in [0, 0.1) is 5.92 Å². The maximum absolute atomic E-state index is 13.0. The molecule has 1 fully saturated rings. The molecule has 0 aliphatic carbocycles. The minimum Gasteiger partial charge on any atom is -0.383 e. The van der Waals surface area contributed by atoms with Crippen LogP contribution in [-0.4, -0.2) is 54.1 Å². The normalized spacial score (nSPS) is 17.2. The fraction of sp³-hybridized carbons (Fsp3) is 0.450. The third kappa shape index (κ3) is 4.58. The van der Waals surface area contributed by atoms with Crippen LogP contribution >= 0.6 is 0 Å². The first-order valence-electron chi connectivity index (χ1n) is 9.14. The molecule has 1 aromatic carbocycles. The third-order valence-electron chi connectivity index (χ3n) is 4.53. The number of piperidine rings is 1. The largest absolute Gasteiger partial charge is 0.383 e. The maximum Gasteiger partial charge on any atom is 0.272 e. The zero-order chi connectivity index (χ0) is 18.4. The number of carbonyl (C=O) groups is 1. The molecule has 1 aromatic heterocycles. The molecule has 6 heteroatoms. The second-order valence-corrected chi connectivity index (χ2v) is 6.75. The summed E-state index contributed by atoms with van der Waals surface area (Å²) in [6.45, 7) is 4.95. The van der Waals surface area contributed by atoms with E-state index >= 15 is 0 Å². The monoisotopic (exact) mass is 354 g/mol. The smallest absolute Gasteiger partial charge is 0.272 e. The average molecular weight is 354 g/mol. The Morgan fingerprint density at radius 2 is 2.12 bits per heavy atom. The lowest BCUT2D eigenvalue weighted by atomic mass is 10.00. The van der Waals surface area contributed by atoms with E-state index < -0.39 is 0 Å². The minimum absolute atomic E-state index is 0.0223. The topological polar surface area (TPSA) is 67.3 Å². The van der Waals surface area contributed by atoms with E-state index in [0.717, 1.165) is 25.1 Å². The molecular weight excluding hydrogens is 328 g/mol. The van der Waals surface area contributed by atoms with E-state index in [1.807, 2.05) is 35.2 Å². The molecule has 2 heterocycles. The molecule has 1 N–H and O–H groups in total. The maximum atomic E-state index is 13.0. The van der Waals surface area contributed by atoms with Crippen LogP contribution in [0.15, 0.2) is 36.4 Å². The van der Waals surface area contributed by atoms with E-state index in [2.05, 4.69) is 22.2 Å². The van der Waals surface area contributed by atoms with Crippen LogP contribution in [0.25, 0.3) is 11.4 Å². The predicted molar refractivity (Wildman–Crippen MR) is 102 cm³/mol. The van der Waals surface area contributed by atoms with Crippen LogP contribution in [0.2, 0.25) is 0 Å². The summed E-state index contributed by atoms with van der Waals surface area (Å²) in [5, 5.41) is 3.22. The summed E-state index contributed by atoms with van der Waals surface area (Å²) in [7, 11) is 1.66. The SMILES string of the molecule is COCCNc1cc(C(=O)N2CCCC(C)C2)nc(-c2ccccc2)n1. The van der Waals surface area contributed by atoms with Crippen LogP contribution in [0.4, 0.5) is 5.82 Å². The van der Waals surface area contributed by atoms with E-state index in [9.17, 15) is 4.79 Å². The summed E-state index contributed by atoms with van der Waals surface area (Å²) >= 11 is 0. The number of hydrogen-bond acceptors (Lipinski definition) is 5. The Kier molecular flexibility index (Phi) is 6.17. The number of rotatable bonds is 6. The van der Waals surface area contributed by atoms with Crippen molar-refractivity contribution in [3.8, 4) is 11.4 Å². The number of anilines is 1. The molecule has 1 amide bonds. The molecule has 1 aliphatic heterocycles. The first-order valence-corrected chi connectivity index (χ1v) is 9.14. The van der Waals surface area contributed by atoms with Crippen LogP contribution in [0.1, 0.15) is 30.3 Å². The predicted octanol–water partition coefficient (Wildman–Crippen LogP) is 3.07. The summed E-state index contributed by atoms with van der Waals surface area (Å²) in [4.78, 5) is 24.0. The quantitative estimate of drug-likeness (QED) is 0.808. The highest BCUT2D eigenvalue weighted by atomic mass is 16.5. The molecule has 6 nitrogen and oxygen atoms in total. The van der Waals surface area contributed by atoms with Crippen LogP contribution < -0.4 is 5.32 Å². The molecule has 1 aliphatic rings. The van der Waals surface area contributed by atoms with E-state index in [0.29, 0.717) is 36.4 Å². The van der Waals surface area contributed by atoms with Crippen molar-refractivity contribution in [2.75, 3.05) is 38.7 Å². The summed E-state index contributed by atoms with van der Waals surface area (Å²) in [6, 6.07) is 11.5. The summed E-state index contributed by atoms with van der Waals surface area (Å²) in [5.74, 6) is 1.71. The number of nitrogens with one attached hydrogen (secondary N) is 1. The summed E-state index contributed by atoms with van der Waals surface area (Å²) in [6.07, 6.45) is 2.22. The lowest BCUT2D eigenvalue weighted by Gasteiger charge is -2.30. The van der Waals surface area contributed by atoms with Gasteiger partial charge in [-0.3, -0.25) is 4.79 Å². The summed E-state index contributed by atoms with van der Waals surface area (Å²) < 4.78 is 5.08. The number of likely N-dealkylation sites (tertiary alicyclic amines) is 1. The second kappa shape index (κ2) is 8.76. The molecule has 0 radical (unpaired) electrons. The van der Waals surface area contributed by atoms with Crippen molar-refractivity contribution in [1.82, 2.24) is 14.9 Å². The van der Waals surface area contributed by atoms with E-state index in [-0.39, 0.29) is 5.91 Å². The standard InChI is InChI=1S/C20H26N4O2/c1-15-7-6-11-24(14-15)20(25)17-13-18(21-10-12-26-2)23-19(22-17)16-8-4-3-5-9-16/h3-5,8-9,13,15H,6-7,10-12,14H2,1-2H3,(H,21,22,23). The fourth-order valence-corrected chi connectivity index (χ4v) is 3.18. The Hall–Kier alpha value is -2.47. The van der Waals surface area contributed by atoms with Gasteiger partial charge in [0.2, 0.25) is 0 Å². The van der Waals surface area contributed by atoms with Gasteiger partial charge in [0.15, 0.2) is 5.82 Å². The van der Waals surface area contributed by atoms with Gasteiger partial charge in [0.25, 0.3) is 5.91 Å². The number of aromatic nitrogens is 2. The van der Waals surface area contributed by atoms with Gasteiger partial charge in [0.05, 0.1) is 6.61 Å². The molecule has 3 rings (SSSR count). The molecule has 0 bridgehead atoms. The van der Waals surface area contributed by atoms with Crippen LogP contribution in [0.3, 0.4) is 0 Å². The van der Waals surface area contributed by atoms with Gasteiger partial charge in [-0.25, -0.2) is 9.97 Å². The lowest BCUT2D eigenvalue weighted by Crippen LogP contribution is -2.39. The Morgan fingerprint density at radius 1 is 1.31 bits per heavy atom. The molecule has 1 atom stereocenters. The Labute approximate surface area is 154 Å². The molecular formula is C20H26N4O2. The highest BCUT2D eigenvalue weighted by Gasteiger charge is 2.24. The Bertz CT molecular complexity index is 736. The zero-order valence-electron chi connectivity index (χ0n) is 15.4. The minimum atomic E-state index is -0.0223. The van der Waals surface area contributed by atoms with Gasteiger partial charge in [0, 0.05) is 38.4 Å². The number of benzene rings is 1. The molecule has 1 unspecified atom stereocenters. The van der Waals surface area contributed by atoms with Crippen molar-refractivity contribution in [3.63, 3.8) is 0 Å². The van der Waals surface area contributed by atoms with Gasteiger partial charge < -0.3 is 15.0 Å². The van der Waals surface area contributed by atoms with Gasteiger partial charge in [-0.1, -0.05) is 37.3 Å². The molecule has 26 heavy (non-hydrogen) atoms. The van der Waals surface area contributed by atoms with Crippen molar-refractivity contribution >= 4 is 11.7 Å². The molecule has 0 spiro atoms. The van der Waals surface area contributed by atoms with Crippen molar-refractivity contribution in [2.24, 2.45) is 5.92 Å². The zero-order valence-corrected chi connectivity index (χ0v) is 15.4.